The maximum atomic E-state index is 12.9. The number of benzene rings is 1. The van der Waals surface area contributed by atoms with Crippen LogP contribution in [0.15, 0.2) is 58.4 Å². The largest absolute Gasteiger partial charge is 0.335 e. The molecular formula is C29H36N4O4S2. The van der Waals surface area contributed by atoms with Gasteiger partial charge in [0.1, 0.15) is 0 Å². The summed E-state index contributed by atoms with van der Waals surface area (Å²) < 4.78 is 28.5. The van der Waals surface area contributed by atoms with Crippen molar-refractivity contribution in [1.29, 1.82) is 0 Å². The summed E-state index contributed by atoms with van der Waals surface area (Å²) in [5, 5.41) is 0. The highest BCUT2D eigenvalue weighted by Crippen LogP contribution is 2.43. The highest BCUT2D eigenvalue weighted by atomic mass is 32.2. The molecule has 0 spiro atoms. The van der Waals surface area contributed by atoms with E-state index in [1.165, 1.54) is 0 Å². The lowest BCUT2D eigenvalue weighted by molar-refractivity contribution is 0.0580. The highest BCUT2D eigenvalue weighted by molar-refractivity contribution is 7.89. The van der Waals surface area contributed by atoms with E-state index in [-0.39, 0.29) is 28.3 Å². The van der Waals surface area contributed by atoms with Gasteiger partial charge in [-0.05, 0) is 75.4 Å². The number of nitrogens with zero attached hydrogens (tertiary/aromatic N) is 2. The van der Waals surface area contributed by atoms with E-state index in [1.807, 2.05) is 30.9 Å². The quantitative estimate of drug-likeness (QED) is 0.410. The molecule has 1 saturated carbocycles. The summed E-state index contributed by atoms with van der Waals surface area (Å²) in [6, 6.07) is 12.5. The zero-order chi connectivity index (χ0) is 27.7. The van der Waals surface area contributed by atoms with Crippen LogP contribution in [-0.2, 0) is 16.4 Å². The molecule has 2 fully saturated rings. The molecule has 3 atom stereocenters. The van der Waals surface area contributed by atoms with E-state index in [0.717, 1.165) is 65.5 Å². The van der Waals surface area contributed by atoms with Crippen molar-refractivity contribution in [3.05, 3.63) is 85.5 Å². The SMILES string of the molecule is Cc1ccc(S(=O)(=O)NC2CC2c2cc(=O)[nH]cc2CCC(C)N2CCN(C(=O)c3ccc(C)s3)CC2)cc1. The van der Waals surface area contributed by atoms with Crippen LogP contribution in [0.2, 0.25) is 0 Å². The Bertz CT molecular complexity index is 1490. The van der Waals surface area contributed by atoms with E-state index < -0.39 is 10.0 Å². The minimum Gasteiger partial charge on any atom is -0.335 e. The van der Waals surface area contributed by atoms with Gasteiger partial charge in [0.05, 0.1) is 9.77 Å². The summed E-state index contributed by atoms with van der Waals surface area (Å²) in [6.07, 6.45) is 4.16. The lowest BCUT2D eigenvalue weighted by Gasteiger charge is -2.38. The van der Waals surface area contributed by atoms with Gasteiger partial charge in [0.25, 0.3) is 5.91 Å². The maximum Gasteiger partial charge on any atom is 0.264 e. The molecule has 2 N–H and O–H groups in total. The standard InChI is InChI=1S/C29H36N4O4S2/c1-19-4-9-23(10-5-19)39(36,37)31-26-16-25(26)24-17-28(34)30-18-22(24)8-6-20(2)32-12-14-33(15-13-32)29(35)27-11-7-21(3)38-27/h4-5,7,9-11,17-18,20,25-26,31H,6,8,12-16H2,1-3H3,(H,30,34). The number of hydrogen-bond acceptors (Lipinski definition) is 6. The Kier molecular flexibility index (Phi) is 8.09. The molecule has 3 heterocycles. The van der Waals surface area contributed by atoms with Crippen LogP contribution in [-0.4, -0.2) is 67.4 Å². The van der Waals surface area contributed by atoms with Crippen molar-refractivity contribution in [2.45, 2.75) is 62.9 Å². The summed E-state index contributed by atoms with van der Waals surface area (Å²) >= 11 is 1.55. The molecule has 1 aliphatic heterocycles. The average molecular weight is 569 g/mol. The van der Waals surface area contributed by atoms with Crippen LogP contribution in [0.4, 0.5) is 0 Å². The number of rotatable bonds is 9. The number of thiophene rings is 1. The van der Waals surface area contributed by atoms with Crippen molar-refractivity contribution in [3.8, 4) is 0 Å². The first kappa shape index (κ1) is 27.8. The fourth-order valence-electron chi connectivity index (χ4n) is 5.35. The smallest absolute Gasteiger partial charge is 0.264 e. The third-order valence-electron chi connectivity index (χ3n) is 7.88. The van der Waals surface area contributed by atoms with Gasteiger partial charge in [0, 0.05) is 61.3 Å². The van der Waals surface area contributed by atoms with Crippen molar-refractivity contribution < 1.29 is 13.2 Å². The fourth-order valence-corrected chi connectivity index (χ4v) is 7.48. The summed E-state index contributed by atoms with van der Waals surface area (Å²) in [6.45, 7) is 9.25. The molecule has 10 heteroatoms. The predicted molar refractivity (Wildman–Crippen MR) is 154 cm³/mol. The molecule has 1 aliphatic carbocycles. The first-order valence-corrected chi connectivity index (χ1v) is 15.8. The zero-order valence-corrected chi connectivity index (χ0v) is 24.3. The monoisotopic (exact) mass is 568 g/mol. The number of H-pyrrole nitrogens is 1. The lowest BCUT2D eigenvalue weighted by Crippen LogP contribution is -2.51. The fraction of sp³-hybridized carbons (Fsp3) is 0.448. The minimum absolute atomic E-state index is 0.00623. The summed E-state index contributed by atoms with van der Waals surface area (Å²) in [5.74, 6) is 0.114. The van der Waals surface area contributed by atoms with E-state index in [4.69, 9.17) is 0 Å². The topological polar surface area (TPSA) is 103 Å². The van der Waals surface area contributed by atoms with E-state index in [2.05, 4.69) is 21.5 Å². The van der Waals surface area contributed by atoms with Crippen molar-refractivity contribution >= 4 is 27.3 Å². The number of pyridine rings is 1. The molecular weight excluding hydrogens is 532 g/mol. The highest BCUT2D eigenvalue weighted by Gasteiger charge is 2.42. The molecule has 3 unspecified atom stereocenters. The number of carbonyl (C=O) groups is 1. The second kappa shape index (κ2) is 11.4. The molecule has 2 aliphatic rings. The number of amides is 1. The lowest BCUT2D eigenvalue weighted by atomic mass is 9.99. The zero-order valence-electron chi connectivity index (χ0n) is 22.6. The molecule has 2 aromatic heterocycles. The molecule has 5 rings (SSSR count). The van der Waals surface area contributed by atoms with E-state index >= 15 is 0 Å². The molecule has 3 aromatic rings. The van der Waals surface area contributed by atoms with Gasteiger partial charge >= 0.3 is 0 Å². The molecule has 0 bridgehead atoms. The Morgan fingerprint density at radius 1 is 1.10 bits per heavy atom. The van der Waals surface area contributed by atoms with Crippen LogP contribution in [0.1, 0.15) is 56.9 Å². The average Bonchev–Trinajstić information content (AvgIpc) is 3.53. The summed E-state index contributed by atoms with van der Waals surface area (Å²) in [7, 11) is -3.62. The predicted octanol–water partition coefficient (Wildman–Crippen LogP) is 3.67. The number of aromatic nitrogens is 1. The maximum absolute atomic E-state index is 12.9. The van der Waals surface area contributed by atoms with Crippen LogP contribution >= 0.6 is 11.3 Å². The second-order valence-electron chi connectivity index (χ2n) is 10.8. The van der Waals surface area contributed by atoms with Crippen molar-refractivity contribution in [2.24, 2.45) is 0 Å². The Balaban J connectivity index is 1.16. The summed E-state index contributed by atoms with van der Waals surface area (Å²) in [4.78, 5) is 34.3. The molecule has 1 saturated heterocycles. The van der Waals surface area contributed by atoms with Crippen molar-refractivity contribution in [3.63, 3.8) is 0 Å². The Hall–Kier alpha value is -2.79. The molecule has 208 valence electrons. The Morgan fingerprint density at radius 3 is 2.49 bits per heavy atom. The minimum atomic E-state index is -3.62. The number of aryl methyl sites for hydroxylation is 3. The van der Waals surface area contributed by atoms with Crippen molar-refractivity contribution in [2.75, 3.05) is 26.2 Å². The van der Waals surface area contributed by atoms with Crippen LogP contribution in [0.5, 0.6) is 0 Å². The van der Waals surface area contributed by atoms with Crippen molar-refractivity contribution in [1.82, 2.24) is 19.5 Å². The van der Waals surface area contributed by atoms with E-state index in [0.29, 0.717) is 12.5 Å². The second-order valence-corrected chi connectivity index (χ2v) is 13.8. The van der Waals surface area contributed by atoms with Gasteiger partial charge in [-0.1, -0.05) is 17.7 Å². The van der Waals surface area contributed by atoms with E-state index in [1.54, 1.807) is 47.9 Å². The normalized spacial score (nSPS) is 20.6. The van der Waals surface area contributed by atoms with Crippen LogP contribution in [0.25, 0.3) is 0 Å². The molecule has 1 amide bonds. The van der Waals surface area contributed by atoms with E-state index in [9.17, 15) is 18.0 Å². The van der Waals surface area contributed by atoms with Gasteiger partial charge in [-0.15, -0.1) is 11.3 Å². The number of aromatic amines is 1. The van der Waals surface area contributed by atoms with Gasteiger partial charge < -0.3 is 9.88 Å². The van der Waals surface area contributed by atoms with Crippen LogP contribution < -0.4 is 10.3 Å². The van der Waals surface area contributed by atoms with Gasteiger partial charge in [0.2, 0.25) is 15.6 Å². The number of nitrogens with one attached hydrogen (secondary N) is 2. The van der Waals surface area contributed by atoms with Gasteiger partial charge in [-0.2, -0.15) is 0 Å². The number of carbonyl (C=O) groups excluding carboxylic acids is 1. The van der Waals surface area contributed by atoms with Gasteiger partial charge in [-0.3, -0.25) is 14.5 Å². The summed E-state index contributed by atoms with van der Waals surface area (Å²) in [5.41, 5.74) is 2.83. The third kappa shape index (κ3) is 6.51. The number of sulfonamides is 1. The first-order valence-electron chi connectivity index (χ1n) is 13.5. The molecule has 39 heavy (non-hydrogen) atoms. The third-order valence-corrected chi connectivity index (χ3v) is 10.4. The molecule has 8 nitrogen and oxygen atoms in total. The number of hydrogen-bond donors (Lipinski definition) is 2. The van der Waals surface area contributed by atoms with Crippen LogP contribution in [0.3, 0.4) is 0 Å². The Morgan fingerprint density at radius 2 is 1.82 bits per heavy atom. The molecule has 0 radical (unpaired) electrons. The van der Waals surface area contributed by atoms with Gasteiger partial charge in [-0.25, -0.2) is 13.1 Å². The Labute approximate surface area is 234 Å². The van der Waals surface area contributed by atoms with Gasteiger partial charge in [0.15, 0.2) is 0 Å². The van der Waals surface area contributed by atoms with Crippen LogP contribution in [0, 0.1) is 13.8 Å². The number of piperazine rings is 1. The molecule has 1 aromatic carbocycles. The first-order chi connectivity index (χ1) is 18.6.